The van der Waals surface area contributed by atoms with Gasteiger partial charge in [0.25, 0.3) is 10.0 Å². The molecule has 0 saturated heterocycles. The van der Waals surface area contributed by atoms with Crippen molar-refractivity contribution in [2.45, 2.75) is 82.8 Å². The van der Waals surface area contributed by atoms with Crippen LogP contribution in [0.4, 0.5) is 5.69 Å². The Bertz CT molecular complexity index is 1880. The van der Waals surface area contributed by atoms with Gasteiger partial charge in [-0.2, -0.15) is 0 Å². The zero-order chi connectivity index (χ0) is 35.1. The zero-order valence-electron chi connectivity index (χ0n) is 28.2. The Morgan fingerprint density at radius 3 is 2.18 bits per heavy atom. The quantitative estimate of drug-likeness (QED) is 0.160. The van der Waals surface area contributed by atoms with E-state index in [-0.39, 0.29) is 29.8 Å². The third-order valence-electron chi connectivity index (χ3n) is 9.10. The van der Waals surface area contributed by atoms with Gasteiger partial charge in [0.15, 0.2) is 0 Å². The minimum Gasteiger partial charge on any atom is -0.352 e. The Balaban J connectivity index is 1.60. The summed E-state index contributed by atoms with van der Waals surface area (Å²) in [5, 5.41) is 4.01. The number of hydrogen-bond acceptors (Lipinski definition) is 4. The molecule has 1 fully saturated rings. The molecule has 0 aromatic heterocycles. The number of benzene rings is 4. The summed E-state index contributed by atoms with van der Waals surface area (Å²) in [6.07, 6.45) is 5.15. The second kappa shape index (κ2) is 16.2. The summed E-state index contributed by atoms with van der Waals surface area (Å²) in [6, 6.07) is 25.7. The van der Waals surface area contributed by atoms with Crippen molar-refractivity contribution in [1.29, 1.82) is 0 Å². The van der Waals surface area contributed by atoms with Gasteiger partial charge in [-0.3, -0.25) is 13.9 Å². The molecular formula is C39H43Cl2N3O4S. The maximum atomic E-state index is 14.8. The van der Waals surface area contributed by atoms with Crippen molar-refractivity contribution in [2.75, 3.05) is 10.8 Å². The highest BCUT2D eigenvalue weighted by Gasteiger charge is 2.36. The maximum Gasteiger partial charge on any atom is 0.264 e. The van der Waals surface area contributed by atoms with Crippen molar-refractivity contribution < 1.29 is 18.0 Å². The van der Waals surface area contributed by atoms with Gasteiger partial charge in [-0.15, -0.1) is 0 Å². The number of rotatable bonds is 12. The van der Waals surface area contributed by atoms with E-state index in [9.17, 15) is 18.0 Å². The minimum absolute atomic E-state index is 0.00366. The number of carbonyl (C=O) groups excluding carboxylic acids is 2. The molecule has 1 aliphatic rings. The van der Waals surface area contributed by atoms with Gasteiger partial charge in [-0.05, 0) is 86.2 Å². The van der Waals surface area contributed by atoms with Crippen LogP contribution in [0.2, 0.25) is 10.0 Å². The van der Waals surface area contributed by atoms with Gasteiger partial charge >= 0.3 is 0 Å². The van der Waals surface area contributed by atoms with E-state index in [1.165, 1.54) is 4.90 Å². The predicted molar refractivity (Wildman–Crippen MR) is 198 cm³/mol. The zero-order valence-corrected chi connectivity index (χ0v) is 30.5. The van der Waals surface area contributed by atoms with Crippen LogP contribution in [0.15, 0.2) is 95.9 Å². The molecule has 49 heavy (non-hydrogen) atoms. The van der Waals surface area contributed by atoms with Crippen LogP contribution in [0.1, 0.15) is 59.9 Å². The molecule has 1 saturated carbocycles. The largest absolute Gasteiger partial charge is 0.352 e. The van der Waals surface area contributed by atoms with E-state index in [1.807, 2.05) is 63.2 Å². The molecule has 1 atom stereocenters. The van der Waals surface area contributed by atoms with E-state index in [1.54, 1.807) is 48.5 Å². The van der Waals surface area contributed by atoms with Gasteiger partial charge in [0.05, 0.1) is 10.6 Å². The SMILES string of the molecule is Cc1ccc(S(=O)(=O)N(CC(=O)N(Cc2ccc(Cl)cc2Cl)[C@H](Cc2ccccc2)C(=O)NC2CCCCC2)c2cc(C)ccc2C)cc1. The first-order valence-electron chi connectivity index (χ1n) is 16.7. The standard InChI is InChI=1S/C39H43Cl2N3O4S/c1-27-15-20-34(21-16-27)49(47,48)44(36-22-28(2)14-17-29(36)3)26-38(45)43(25-31-18-19-32(40)24-35(31)41)37(23-30-10-6-4-7-11-30)39(46)42-33-12-8-5-9-13-33/h4,6-7,10-11,14-22,24,33,37H,5,8-9,12-13,23,25-26H2,1-3H3,(H,42,46)/t37-/m1/s1. The number of anilines is 1. The van der Waals surface area contributed by atoms with E-state index < -0.39 is 28.5 Å². The highest BCUT2D eigenvalue weighted by molar-refractivity contribution is 7.92. The van der Waals surface area contributed by atoms with E-state index in [4.69, 9.17) is 23.2 Å². The van der Waals surface area contributed by atoms with Crippen LogP contribution in [0.5, 0.6) is 0 Å². The fraction of sp³-hybridized carbons (Fsp3) is 0.333. The molecule has 5 rings (SSSR count). The average molecular weight is 721 g/mol. The minimum atomic E-state index is -4.21. The molecular weight excluding hydrogens is 677 g/mol. The molecule has 4 aromatic carbocycles. The second-order valence-corrected chi connectivity index (χ2v) is 15.6. The van der Waals surface area contributed by atoms with Crippen molar-refractivity contribution in [2.24, 2.45) is 0 Å². The number of carbonyl (C=O) groups is 2. The van der Waals surface area contributed by atoms with Gasteiger partial charge in [0.2, 0.25) is 11.8 Å². The maximum absolute atomic E-state index is 14.8. The van der Waals surface area contributed by atoms with E-state index in [2.05, 4.69) is 5.32 Å². The second-order valence-electron chi connectivity index (χ2n) is 12.9. The summed E-state index contributed by atoms with van der Waals surface area (Å²) in [6.45, 7) is 5.01. The predicted octanol–water partition coefficient (Wildman–Crippen LogP) is 8.20. The van der Waals surface area contributed by atoms with Crippen molar-refractivity contribution in [1.82, 2.24) is 10.2 Å². The summed E-state index contributed by atoms with van der Waals surface area (Å²) < 4.78 is 30.0. The normalized spacial score (nSPS) is 14.2. The van der Waals surface area contributed by atoms with Crippen LogP contribution in [0, 0.1) is 20.8 Å². The third kappa shape index (κ3) is 9.24. The van der Waals surface area contributed by atoms with Gasteiger partial charge < -0.3 is 10.2 Å². The molecule has 7 nitrogen and oxygen atoms in total. The fourth-order valence-corrected chi connectivity index (χ4v) is 8.21. The Kier molecular flexibility index (Phi) is 12.1. The molecule has 258 valence electrons. The Labute approximate surface area is 300 Å². The lowest BCUT2D eigenvalue weighted by Gasteiger charge is -2.35. The van der Waals surface area contributed by atoms with Crippen LogP contribution in [-0.2, 0) is 32.6 Å². The van der Waals surface area contributed by atoms with Crippen LogP contribution >= 0.6 is 23.2 Å². The molecule has 0 spiro atoms. The Morgan fingerprint density at radius 1 is 0.837 bits per heavy atom. The van der Waals surface area contributed by atoms with Crippen LogP contribution in [-0.4, -0.2) is 43.8 Å². The molecule has 0 aliphatic heterocycles. The molecule has 0 unspecified atom stereocenters. The van der Waals surface area contributed by atoms with Gasteiger partial charge in [0, 0.05) is 29.1 Å². The van der Waals surface area contributed by atoms with Gasteiger partial charge in [-0.1, -0.05) is 109 Å². The molecule has 1 aliphatic carbocycles. The van der Waals surface area contributed by atoms with Gasteiger partial charge in [0.1, 0.15) is 12.6 Å². The van der Waals surface area contributed by atoms with Crippen LogP contribution in [0.3, 0.4) is 0 Å². The van der Waals surface area contributed by atoms with Crippen LogP contribution in [0.25, 0.3) is 0 Å². The molecule has 2 amide bonds. The summed E-state index contributed by atoms with van der Waals surface area (Å²) >= 11 is 12.9. The van der Waals surface area contributed by atoms with Crippen molar-refractivity contribution in [3.05, 3.63) is 129 Å². The number of hydrogen-bond donors (Lipinski definition) is 1. The van der Waals surface area contributed by atoms with Crippen molar-refractivity contribution >= 4 is 50.7 Å². The molecule has 0 heterocycles. The lowest BCUT2D eigenvalue weighted by molar-refractivity contribution is -0.140. The van der Waals surface area contributed by atoms with Crippen molar-refractivity contribution in [3.8, 4) is 0 Å². The molecule has 0 radical (unpaired) electrons. The highest BCUT2D eigenvalue weighted by Crippen LogP contribution is 2.30. The fourth-order valence-electron chi connectivity index (χ4n) is 6.27. The number of sulfonamides is 1. The summed E-state index contributed by atoms with van der Waals surface area (Å²) in [7, 11) is -4.21. The van der Waals surface area contributed by atoms with E-state index >= 15 is 0 Å². The monoisotopic (exact) mass is 719 g/mol. The number of nitrogens with one attached hydrogen (secondary N) is 1. The van der Waals surface area contributed by atoms with Crippen molar-refractivity contribution in [3.63, 3.8) is 0 Å². The first-order valence-corrected chi connectivity index (χ1v) is 18.9. The molecule has 4 aromatic rings. The summed E-state index contributed by atoms with van der Waals surface area (Å²) in [5.74, 6) is -0.823. The third-order valence-corrected chi connectivity index (χ3v) is 11.5. The summed E-state index contributed by atoms with van der Waals surface area (Å²) in [4.78, 5) is 30.7. The van der Waals surface area contributed by atoms with Crippen LogP contribution < -0.4 is 9.62 Å². The number of halogens is 2. The smallest absolute Gasteiger partial charge is 0.264 e. The lowest BCUT2D eigenvalue weighted by Crippen LogP contribution is -2.55. The molecule has 10 heteroatoms. The highest BCUT2D eigenvalue weighted by atomic mass is 35.5. The topological polar surface area (TPSA) is 86.8 Å². The van der Waals surface area contributed by atoms with E-state index in [0.717, 1.165) is 53.1 Å². The average Bonchev–Trinajstić information content (AvgIpc) is 3.08. The molecule has 0 bridgehead atoms. The molecule has 1 N–H and O–H groups in total. The Morgan fingerprint density at radius 2 is 1.51 bits per heavy atom. The first-order chi connectivity index (χ1) is 23.4. The number of aryl methyl sites for hydroxylation is 3. The number of nitrogens with zero attached hydrogens (tertiary/aromatic N) is 2. The summed E-state index contributed by atoms with van der Waals surface area (Å²) in [5.41, 5.74) is 4.29. The van der Waals surface area contributed by atoms with Gasteiger partial charge in [-0.25, -0.2) is 8.42 Å². The first kappa shape index (κ1) is 36.4. The number of amides is 2. The lowest BCUT2D eigenvalue weighted by atomic mass is 9.94. The van der Waals surface area contributed by atoms with E-state index in [0.29, 0.717) is 26.9 Å². The Hall–Kier alpha value is -3.85.